The van der Waals surface area contributed by atoms with Crippen molar-refractivity contribution in [1.29, 1.82) is 0 Å². The van der Waals surface area contributed by atoms with Crippen molar-refractivity contribution >= 4 is 33.1 Å². The van der Waals surface area contributed by atoms with E-state index in [1.807, 2.05) is 5.38 Å². The van der Waals surface area contributed by atoms with Gasteiger partial charge in [0.2, 0.25) is 12.7 Å². The SMILES string of the molecule is O=C(Cn1cnc2c(-c3ccc(F)cc3)csc2c1=O)Nc1ccc2c(c1)OCO2. The highest BCUT2D eigenvalue weighted by Gasteiger charge is 2.16. The average Bonchev–Trinajstić information content (AvgIpc) is 3.37. The number of carbonyl (C=O) groups is 1. The maximum atomic E-state index is 13.2. The molecule has 1 aliphatic rings. The van der Waals surface area contributed by atoms with Crippen molar-refractivity contribution < 1.29 is 18.7 Å². The predicted molar refractivity (Wildman–Crippen MR) is 110 cm³/mol. The van der Waals surface area contributed by atoms with Crippen LogP contribution < -0.4 is 20.3 Å². The lowest BCUT2D eigenvalue weighted by Gasteiger charge is -2.08. The summed E-state index contributed by atoms with van der Waals surface area (Å²) in [5.74, 6) is 0.475. The van der Waals surface area contributed by atoms with Crippen LogP contribution >= 0.6 is 11.3 Å². The zero-order valence-electron chi connectivity index (χ0n) is 15.4. The highest BCUT2D eigenvalue weighted by molar-refractivity contribution is 7.17. The molecule has 0 spiro atoms. The van der Waals surface area contributed by atoms with E-state index in [1.54, 1.807) is 30.3 Å². The lowest BCUT2D eigenvalue weighted by Crippen LogP contribution is -2.27. The fourth-order valence-corrected chi connectivity index (χ4v) is 4.19. The summed E-state index contributed by atoms with van der Waals surface area (Å²) in [6.07, 6.45) is 1.35. The van der Waals surface area contributed by atoms with Crippen LogP contribution in [0.15, 0.2) is 59.0 Å². The normalized spacial score (nSPS) is 12.3. The molecule has 4 aromatic rings. The third-order valence-corrected chi connectivity index (χ3v) is 5.63. The number of thiophene rings is 1. The summed E-state index contributed by atoms with van der Waals surface area (Å²) in [6, 6.07) is 11.1. The van der Waals surface area contributed by atoms with E-state index >= 15 is 0 Å². The first-order valence-corrected chi connectivity index (χ1v) is 9.88. The van der Waals surface area contributed by atoms with Crippen LogP contribution in [0.1, 0.15) is 0 Å². The van der Waals surface area contributed by atoms with Crippen LogP contribution in [0.2, 0.25) is 0 Å². The van der Waals surface area contributed by atoms with E-state index in [1.165, 1.54) is 34.4 Å². The van der Waals surface area contributed by atoms with Gasteiger partial charge in [-0.25, -0.2) is 9.37 Å². The van der Waals surface area contributed by atoms with Crippen molar-refractivity contribution in [2.24, 2.45) is 0 Å². The van der Waals surface area contributed by atoms with Crippen molar-refractivity contribution in [3.63, 3.8) is 0 Å². The van der Waals surface area contributed by atoms with Crippen molar-refractivity contribution in [1.82, 2.24) is 9.55 Å². The van der Waals surface area contributed by atoms with E-state index < -0.39 is 0 Å². The molecule has 0 bridgehead atoms. The Hall–Kier alpha value is -3.72. The molecule has 1 N–H and O–H groups in total. The van der Waals surface area contributed by atoms with Gasteiger partial charge in [0, 0.05) is 22.7 Å². The topological polar surface area (TPSA) is 82.5 Å². The van der Waals surface area contributed by atoms with Crippen molar-refractivity contribution in [2.45, 2.75) is 6.54 Å². The molecule has 9 heteroatoms. The Kier molecular flexibility index (Phi) is 4.44. The van der Waals surface area contributed by atoms with Crippen LogP contribution in [0.3, 0.4) is 0 Å². The van der Waals surface area contributed by atoms with E-state index in [0.717, 1.165) is 11.1 Å². The summed E-state index contributed by atoms with van der Waals surface area (Å²) in [5, 5.41) is 4.55. The van der Waals surface area contributed by atoms with Crippen molar-refractivity contribution in [3.8, 4) is 22.6 Å². The van der Waals surface area contributed by atoms with Crippen molar-refractivity contribution in [3.05, 3.63) is 70.3 Å². The van der Waals surface area contributed by atoms with Gasteiger partial charge in [-0.15, -0.1) is 11.3 Å². The second-order valence-corrected chi connectivity index (χ2v) is 7.51. The van der Waals surface area contributed by atoms with E-state index in [-0.39, 0.29) is 30.6 Å². The van der Waals surface area contributed by atoms with Gasteiger partial charge >= 0.3 is 0 Å². The summed E-state index contributed by atoms with van der Waals surface area (Å²) < 4.78 is 25.4. The quantitative estimate of drug-likeness (QED) is 0.542. The molecular weight excluding hydrogens is 409 g/mol. The van der Waals surface area contributed by atoms with Crippen molar-refractivity contribution in [2.75, 3.05) is 12.1 Å². The lowest BCUT2D eigenvalue weighted by atomic mass is 10.1. The lowest BCUT2D eigenvalue weighted by molar-refractivity contribution is -0.116. The Bertz CT molecular complexity index is 1330. The maximum absolute atomic E-state index is 13.2. The number of fused-ring (bicyclic) bond motifs is 2. The summed E-state index contributed by atoms with van der Waals surface area (Å²) >= 11 is 1.25. The molecule has 5 rings (SSSR count). The smallest absolute Gasteiger partial charge is 0.271 e. The molecule has 7 nitrogen and oxygen atoms in total. The number of halogens is 1. The Balaban J connectivity index is 1.38. The summed E-state index contributed by atoms with van der Waals surface area (Å²) in [6.45, 7) is -0.0332. The number of rotatable bonds is 4. The minimum atomic E-state index is -0.368. The summed E-state index contributed by atoms with van der Waals surface area (Å²) in [7, 11) is 0. The van der Waals surface area contributed by atoms with Gasteiger partial charge in [-0.3, -0.25) is 14.2 Å². The van der Waals surface area contributed by atoms with Gasteiger partial charge in [0.15, 0.2) is 11.5 Å². The van der Waals surface area contributed by atoms with Gasteiger partial charge in [-0.05, 0) is 29.8 Å². The molecule has 0 unspecified atom stereocenters. The molecule has 0 saturated carbocycles. The van der Waals surface area contributed by atoms with Gasteiger partial charge in [-0.1, -0.05) is 12.1 Å². The van der Waals surface area contributed by atoms with Gasteiger partial charge in [0.05, 0.1) is 11.8 Å². The molecule has 2 aromatic carbocycles. The second-order valence-electron chi connectivity index (χ2n) is 6.63. The van der Waals surface area contributed by atoms with Crippen LogP contribution in [-0.2, 0) is 11.3 Å². The molecule has 1 aliphatic heterocycles. The molecule has 0 atom stereocenters. The molecule has 2 aromatic heterocycles. The molecule has 0 aliphatic carbocycles. The fraction of sp³-hybridized carbons (Fsp3) is 0.0952. The average molecular weight is 423 g/mol. The fourth-order valence-electron chi connectivity index (χ4n) is 3.22. The van der Waals surface area contributed by atoms with Crippen LogP contribution in [0.25, 0.3) is 21.3 Å². The number of carbonyl (C=O) groups excluding carboxylic acids is 1. The number of hydrogen-bond donors (Lipinski definition) is 1. The molecule has 1 amide bonds. The van der Waals surface area contributed by atoms with Gasteiger partial charge in [-0.2, -0.15) is 0 Å². The number of nitrogens with zero attached hydrogens (tertiary/aromatic N) is 2. The predicted octanol–water partition coefficient (Wildman–Crippen LogP) is 3.63. The summed E-state index contributed by atoms with van der Waals surface area (Å²) in [5.41, 5.74) is 2.29. The number of hydrogen-bond acceptors (Lipinski definition) is 6. The number of aromatic nitrogens is 2. The van der Waals surface area contributed by atoms with E-state index in [4.69, 9.17) is 9.47 Å². The van der Waals surface area contributed by atoms with Crippen LogP contribution in [-0.4, -0.2) is 22.3 Å². The zero-order chi connectivity index (χ0) is 20.7. The Morgan fingerprint density at radius 1 is 1.17 bits per heavy atom. The second kappa shape index (κ2) is 7.27. The minimum Gasteiger partial charge on any atom is -0.454 e. The van der Waals surface area contributed by atoms with Crippen LogP contribution in [0.5, 0.6) is 11.5 Å². The first kappa shape index (κ1) is 18.3. The number of benzene rings is 2. The molecule has 0 saturated heterocycles. The molecule has 30 heavy (non-hydrogen) atoms. The Morgan fingerprint density at radius 3 is 2.80 bits per heavy atom. The monoisotopic (exact) mass is 423 g/mol. The van der Waals surface area contributed by atoms with E-state index in [2.05, 4.69) is 10.3 Å². The number of nitrogens with one attached hydrogen (secondary N) is 1. The van der Waals surface area contributed by atoms with E-state index in [9.17, 15) is 14.0 Å². The first-order valence-electron chi connectivity index (χ1n) is 9.00. The summed E-state index contributed by atoms with van der Waals surface area (Å²) in [4.78, 5) is 29.6. The molecule has 0 radical (unpaired) electrons. The van der Waals surface area contributed by atoms with Gasteiger partial charge < -0.3 is 14.8 Å². The number of amides is 1. The first-order chi connectivity index (χ1) is 14.6. The molecule has 150 valence electrons. The Morgan fingerprint density at radius 2 is 1.97 bits per heavy atom. The molecular formula is C21H14FN3O4S. The van der Waals surface area contributed by atoms with E-state index in [0.29, 0.717) is 27.4 Å². The maximum Gasteiger partial charge on any atom is 0.271 e. The molecule has 3 heterocycles. The Labute approximate surface area is 173 Å². The third-order valence-electron chi connectivity index (χ3n) is 4.67. The zero-order valence-corrected chi connectivity index (χ0v) is 16.2. The van der Waals surface area contributed by atoms with Crippen LogP contribution in [0.4, 0.5) is 10.1 Å². The number of anilines is 1. The van der Waals surface area contributed by atoms with Gasteiger partial charge in [0.25, 0.3) is 5.56 Å². The van der Waals surface area contributed by atoms with Crippen LogP contribution in [0, 0.1) is 5.82 Å². The number of ether oxygens (including phenoxy) is 2. The largest absolute Gasteiger partial charge is 0.454 e. The minimum absolute atomic E-state index is 0.147. The van der Waals surface area contributed by atoms with Gasteiger partial charge in [0.1, 0.15) is 17.1 Å². The standard InChI is InChI=1S/C21H14FN3O4S/c22-13-3-1-12(2-4-13)15-9-30-20-19(15)23-10-25(21(20)27)8-18(26)24-14-5-6-16-17(7-14)29-11-28-16/h1-7,9-10H,8,11H2,(H,24,26). The molecule has 0 fully saturated rings. The third kappa shape index (κ3) is 3.29. The highest BCUT2D eigenvalue weighted by atomic mass is 32.1. The highest BCUT2D eigenvalue weighted by Crippen LogP contribution is 2.34.